The number of likely N-dealkylation sites (N-methyl/N-ethyl adjacent to an activating group) is 1. The highest BCUT2D eigenvalue weighted by molar-refractivity contribution is 5.72. The fraction of sp³-hybridized carbons (Fsp3) is 0.848. The van der Waals surface area contributed by atoms with E-state index in [2.05, 4.69) is 26.0 Å². The number of nitrogens with zero attached hydrogens (tertiary/aromatic N) is 1. The SMILES string of the molecule is CC/C=C/C/C=C/CCC(=O)OCC(COCCC(C(=O)O)[N+](C)(C)C)OC(=O)CCCCCCCCCCCCCCCCCCCCCCCCC. The van der Waals surface area contributed by atoms with Gasteiger partial charge in [0.2, 0.25) is 0 Å². The van der Waals surface area contributed by atoms with Gasteiger partial charge in [0.25, 0.3) is 0 Å². The van der Waals surface area contributed by atoms with Gasteiger partial charge >= 0.3 is 17.9 Å². The van der Waals surface area contributed by atoms with Crippen LogP contribution < -0.4 is 0 Å². The Morgan fingerprint density at radius 2 is 1.04 bits per heavy atom. The van der Waals surface area contributed by atoms with Crippen molar-refractivity contribution in [1.29, 1.82) is 0 Å². The summed E-state index contributed by atoms with van der Waals surface area (Å²) >= 11 is 0. The molecule has 0 saturated heterocycles. The van der Waals surface area contributed by atoms with E-state index < -0.39 is 18.1 Å². The highest BCUT2D eigenvalue weighted by Gasteiger charge is 2.31. The van der Waals surface area contributed by atoms with Gasteiger partial charge in [0.05, 0.1) is 34.4 Å². The van der Waals surface area contributed by atoms with Crippen molar-refractivity contribution in [3.8, 4) is 0 Å². The van der Waals surface area contributed by atoms with Gasteiger partial charge in [-0.1, -0.05) is 179 Å². The number of carbonyl (C=O) groups excluding carboxylic acids is 2. The Labute approximate surface area is 332 Å². The summed E-state index contributed by atoms with van der Waals surface area (Å²) in [6, 6.07) is -0.617. The number of ether oxygens (including phenoxy) is 3. The van der Waals surface area contributed by atoms with Crippen LogP contribution in [-0.2, 0) is 28.6 Å². The fourth-order valence-corrected chi connectivity index (χ4v) is 6.68. The molecule has 0 radical (unpaired) electrons. The average molecular weight is 765 g/mol. The minimum absolute atomic E-state index is 0.0472. The number of allylic oxidation sites excluding steroid dienone is 4. The number of esters is 2. The van der Waals surface area contributed by atoms with Crippen LogP contribution in [0.1, 0.15) is 200 Å². The maximum atomic E-state index is 12.7. The molecule has 0 amide bonds. The van der Waals surface area contributed by atoms with E-state index in [1.807, 2.05) is 33.3 Å². The van der Waals surface area contributed by atoms with E-state index in [1.165, 1.54) is 128 Å². The molecule has 0 aromatic heterocycles. The van der Waals surface area contributed by atoms with Crippen molar-refractivity contribution >= 4 is 17.9 Å². The largest absolute Gasteiger partial charge is 0.477 e. The molecule has 2 atom stereocenters. The molecule has 54 heavy (non-hydrogen) atoms. The molecule has 0 bridgehead atoms. The number of rotatable bonds is 40. The molecule has 2 unspecified atom stereocenters. The molecule has 0 aliphatic rings. The van der Waals surface area contributed by atoms with Gasteiger partial charge in [0, 0.05) is 19.3 Å². The standard InChI is InChI=1S/C46H85NO7/c1-6-8-10-12-14-15-16-17-18-19-20-21-22-23-24-25-26-27-28-29-31-33-35-37-45(49)54-42(40-52-39-38-43(46(50)51)47(3,4)5)41-53-44(48)36-34-32-30-13-11-9-7-2/h9,11,30,32,42-43H,6-8,10,12-29,31,33-41H2,1-5H3/p+1/b11-9+,32-30+. The van der Waals surface area contributed by atoms with Crippen LogP contribution in [0.2, 0.25) is 0 Å². The number of hydrogen-bond donors (Lipinski definition) is 1. The Bertz CT molecular complexity index is 942. The van der Waals surface area contributed by atoms with Crippen LogP contribution in [0.15, 0.2) is 24.3 Å². The molecule has 8 nitrogen and oxygen atoms in total. The van der Waals surface area contributed by atoms with Crippen molar-refractivity contribution in [3.05, 3.63) is 24.3 Å². The molecular formula is C46H86NO7+. The predicted octanol–water partition coefficient (Wildman–Crippen LogP) is 12.1. The highest BCUT2D eigenvalue weighted by atomic mass is 16.6. The minimum Gasteiger partial charge on any atom is -0.477 e. The van der Waals surface area contributed by atoms with Crippen molar-refractivity contribution in [3.63, 3.8) is 0 Å². The summed E-state index contributed by atoms with van der Waals surface area (Å²) in [6.07, 6.45) is 41.4. The van der Waals surface area contributed by atoms with Crippen molar-refractivity contribution < 1.29 is 38.2 Å². The number of hydrogen-bond acceptors (Lipinski definition) is 6. The molecule has 316 valence electrons. The number of unbranched alkanes of at least 4 members (excludes halogenated alkanes) is 22. The third-order valence-electron chi connectivity index (χ3n) is 10.1. The first-order valence-electron chi connectivity index (χ1n) is 22.4. The molecule has 0 aliphatic carbocycles. The lowest BCUT2D eigenvalue weighted by Gasteiger charge is -2.31. The minimum atomic E-state index is -0.881. The maximum Gasteiger partial charge on any atom is 0.362 e. The van der Waals surface area contributed by atoms with Gasteiger partial charge < -0.3 is 23.8 Å². The number of carbonyl (C=O) groups is 3. The number of carboxylic acid groups (broad SMARTS) is 1. The van der Waals surface area contributed by atoms with E-state index in [-0.39, 0.29) is 42.7 Å². The lowest BCUT2D eigenvalue weighted by molar-refractivity contribution is -0.887. The molecule has 0 saturated carbocycles. The summed E-state index contributed by atoms with van der Waals surface area (Å²) in [6.45, 7) is 4.54. The first-order valence-corrected chi connectivity index (χ1v) is 22.4. The Kier molecular flexibility index (Phi) is 36.2. The monoisotopic (exact) mass is 765 g/mol. The summed E-state index contributed by atoms with van der Waals surface area (Å²) in [5.74, 6) is -1.55. The Balaban J connectivity index is 4.10. The van der Waals surface area contributed by atoms with Gasteiger partial charge in [0.15, 0.2) is 12.1 Å². The first-order chi connectivity index (χ1) is 26.1. The van der Waals surface area contributed by atoms with Gasteiger partial charge in [-0.25, -0.2) is 4.79 Å². The van der Waals surface area contributed by atoms with Crippen LogP contribution in [0.25, 0.3) is 0 Å². The normalized spacial score (nSPS) is 13.1. The molecule has 0 aliphatic heterocycles. The molecular weight excluding hydrogens is 679 g/mol. The third-order valence-corrected chi connectivity index (χ3v) is 10.1. The second-order valence-corrected chi connectivity index (χ2v) is 16.3. The predicted molar refractivity (Wildman–Crippen MR) is 225 cm³/mol. The Hall–Kier alpha value is -2.19. The lowest BCUT2D eigenvalue weighted by Crippen LogP contribution is -2.50. The van der Waals surface area contributed by atoms with Gasteiger partial charge in [0.1, 0.15) is 6.61 Å². The lowest BCUT2D eigenvalue weighted by atomic mass is 10.0. The second kappa shape index (κ2) is 37.7. The van der Waals surface area contributed by atoms with Crippen LogP contribution in [0.3, 0.4) is 0 Å². The zero-order valence-corrected chi connectivity index (χ0v) is 35.9. The van der Waals surface area contributed by atoms with Crippen LogP contribution in [0, 0.1) is 0 Å². The summed E-state index contributed by atoms with van der Waals surface area (Å²) in [7, 11) is 5.51. The van der Waals surface area contributed by atoms with E-state index in [1.54, 1.807) is 0 Å². The summed E-state index contributed by atoms with van der Waals surface area (Å²) in [5, 5.41) is 9.59. The van der Waals surface area contributed by atoms with Gasteiger partial charge in [-0.05, 0) is 25.7 Å². The van der Waals surface area contributed by atoms with Gasteiger partial charge in [-0.2, -0.15) is 0 Å². The zero-order valence-electron chi connectivity index (χ0n) is 35.9. The number of quaternary nitrogens is 1. The molecule has 0 aromatic carbocycles. The van der Waals surface area contributed by atoms with E-state index in [9.17, 15) is 19.5 Å². The van der Waals surface area contributed by atoms with E-state index in [4.69, 9.17) is 14.2 Å². The molecule has 1 N–H and O–H groups in total. The van der Waals surface area contributed by atoms with E-state index in [0.717, 1.165) is 32.1 Å². The molecule has 0 rings (SSSR count). The van der Waals surface area contributed by atoms with Gasteiger partial charge in [-0.15, -0.1) is 0 Å². The Morgan fingerprint density at radius 3 is 1.48 bits per heavy atom. The summed E-state index contributed by atoms with van der Waals surface area (Å²) in [5.41, 5.74) is 0. The third kappa shape index (κ3) is 35.5. The molecule has 0 fully saturated rings. The van der Waals surface area contributed by atoms with Crippen LogP contribution in [0.5, 0.6) is 0 Å². The average Bonchev–Trinajstić information content (AvgIpc) is 3.12. The Morgan fingerprint density at radius 1 is 0.574 bits per heavy atom. The van der Waals surface area contributed by atoms with Crippen LogP contribution in [-0.4, -0.2) is 80.6 Å². The topological polar surface area (TPSA) is 99.1 Å². The van der Waals surface area contributed by atoms with E-state index in [0.29, 0.717) is 19.3 Å². The number of carboxylic acids is 1. The maximum absolute atomic E-state index is 12.7. The molecule has 0 heterocycles. The summed E-state index contributed by atoms with van der Waals surface area (Å²) in [4.78, 5) is 36.7. The molecule has 0 spiro atoms. The summed E-state index contributed by atoms with van der Waals surface area (Å²) < 4.78 is 17.1. The van der Waals surface area contributed by atoms with E-state index >= 15 is 0 Å². The quantitative estimate of drug-likeness (QED) is 0.0287. The van der Waals surface area contributed by atoms with Crippen molar-refractivity contribution in [2.45, 2.75) is 212 Å². The first kappa shape index (κ1) is 51.8. The molecule has 0 aromatic rings. The zero-order chi connectivity index (χ0) is 40.0. The second-order valence-electron chi connectivity index (χ2n) is 16.3. The highest BCUT2D eigenvalue weighted by Crippen LogP contribution is 2.16. The van der Waals surface area contributed by atoms with Gasteiger partial charge in [-0.3, -0.25) is 9.59 Å². The number of aliphatic carboxylic acids is 1. The van der Waals surface area contributed by atoms with Crippen LogP contribution >= 0.6 is 0 Å². The fourth-order valence-electron chi connectivity index (χ4n) is 6.68. The van der Waals surface area contributed by atoms with Crippen molar-refractivity contribution in [2.75, 3.05) is 41.0 Å². The van der Waals surface area contributed by atoms with Crippen LogP contribution in [0.4, 0.5) is 0 Å². The molecule has 8 heteroatoms. The van der Waals surface area contributed by atoms with Crippen molar-refractivity contribution in [1.82, 2.24) is 0 Å². The van der Waals surface area contributed by atoms with Crippen molar-refractivity contribution in [2.24, 2.45) is 0 Å². The smallest absolute Gasteiger partial charge is 0.362 e.